The molecule has 0 saturated heterocycles. The highest BCUT2D eigenvalue weighted by molar-refractivity contribution is 6.30. The molecule has 2 aliphatic heterocycles. The fourth-order valence-electron chi connectivity index (χ4n) is 4.39. The van der Waals surface area contributed by atoms with E-state index in [0.29, 0.717) is 36.0 Å². The van der Waals surface area contributed by atoms with Gasteiger partial charge in [0.2, 0.25) is 5.91 Å². The molecule has 32 heavy (non-hydrogen) atoms. The van der Waals surface area contributed by atoms with Crippen LogP contribution in [0.1, 0.15) is 49.4 Å². The van der Waals surface area contributed by atoms with E-state index in [1.165, 1.54) is 11.6 Å². The first-order chi connectivity index (χ1) is 15.3. The third kappa shape index (κ3) is 4.60. The Morgan fingerprint density at radius 1 is 1.25 bits per heavy atom. The molecule has 0 spiro atoms. The maximum Gasteiger partial charge on any atom is 0.219 e. The van der Waals surface area contributed by atoms with Crippen molar-refractivity contribution in [1.29, 1.82) is 0 Å². The zero-order chi connectivity index (χ0) is 22.8. The summed E-state index contributed by atoms with van der Waals surface area (Å²) in [5.41, 5.74) is 12.6. The Kier molecular flexibility index (Phi) is 6.42. The summed E-state index contributed by atoms with van der Waals surface area (Å²) in [6.07, 6.45) is 3.66. The molecule has 0 saturated carbocycles. The van der Waals surface area contributed by atoms with Gasteiger partial charge in [0.15, 0.2) is 0 Å². The second-order valence-corrected chi connectivity index (χ2v) is 8.78. The van der Waals surface area contributed by atoms with E-state index in [0.717, 1.165) is 35.2 Å². The van der Waals surface area contributed by atoms with Crippen molar-refractivity contribution >= 4 is 34.5 Å². The van der Waals surface area contributed by atoms with Gasteiger partial charge in [0.1, 0.15) is 5.82 Å². The predicted molar refractivity (Wildman–Crippen MR) is 128 cm³/mol. The van der Waals surface area contributed by atoms with Crippen molar-refractivity contribution in [3.8, 4) is 0 Å². The van der Waals surface area contributed by atoms with Crippen molar-refractivity contribution in [2.24, 2.45) is 5.73 Å². The number of nitrogens with two attached hydrogens (primary N) is 1. The molecular formula is C25H28ClFN4O. The smallest absolute Gasteiger partial charge is 0.219 e. The largest absolute Gasteiger partial charge is 0.401 e. The summed E-state index contributed by atoms with van der Waals surface area (Å²) in [6, 6.07) is 10.8. The monoisotopic (exact) mass is 454 g/mol. The normalized spacial score (nSPS) is 19.9. The van der Waals surface area contributed by atoms with Gasteiger partial charge in [-0.3, -0.25) is 4.79 Å². The van der Waals surface area contributed by atoms with Crippen LogP contribution in [0.3, 0.4) is 0 Å². The number of carbonyl (C=O) groups excluding carboxylic acids is 1. The van der Waals surface area contributed by atoms with Crippen LogP contribution in [-0.4, -0.2) is 30.4 Å². The summed E-state index contributed by atoms with van der Waals surface area (Å²) in [5.74, 6) is -0.247. The number of nitrogens with one attached hydrogen (secondary N) is 2. The van der Waals surface area contributed by atoms with Crippen LogP contribution in [0, 0.1) is 5.82 Å². The molecular weight excluding hydrogens is 427 g/mol. The predicted octanol–water partition coefficient (Wildman–Crippen LogP) is 4.91. The first-order valence-corrected chi connectivity index (χ1v) is 11.2. The first kappa shape index (κ1) is 22.2. The van der Waals surface area contributed by atoms with Crippen molar-refractivity contribution in [2.75, 3.05) is 25.0 Å². The summed E-state index contributed by atoms with van der Waals surface area (Å²) >= 11 is 6.11. The second-order valence-electron chi connectivity index (χ2n) is 8.34. The van der Waals surface area contributed by atoms with Crippen molar-refractivity contribution < 1.29 is 9.18 Å². The molecule has 7 heteroatoms. The summed E-state index contributed by atoms with van der Waals surface area (Å²) in [7, 11) is 0. The van der Waals surface area contributed by atoms with E-state index in [1.54, 1.807) is 19.1 Å². The highest BCUT2D eigenvalue weighted by Gasteiger charge is 2.24. The van der Waals surface area contributed by atoms with E-state index in [-0.39, 0.29) is 17.8 Å². The number of allylic oxidation sites excluding steroid dienone is 1. The van der Waals surface area contributed by atoms with Crippen LogP contribution < -0.4 is 16.4 Å². The molecule has 0 bridgehead atoms. The number of rotatable bonds is 3. The van der Waals surface area contributed by atoms with Gasteiger partial charge in [0.25, 0.3) is 0 Å². The Morgan fingerprint density at radius 2 is 2.06 bits per heavy atom. The third-order valence-corrected chi connectivity index (χ3v) is 6.34. The number of carbonyl (C=O) groups is 1. The first-order valence-electron chi connectivity index (χ1n) is 10.8. The van der Waals surface area contributed by atoms with Crippen molar-refractivity contribution in [3.63, 3.8) is 0 Å². The molecule has 1 atom stereocenters. The zero-order valence-electron chi connectivity index (χ0n) is 18.3. The van der Waals surface area contributed by atoms with Gasteiger partial charge in [0.05, 0.1) is 17.4 Å². The van der Waals surface area contributed by atoms with Gasteiger partial charge in [-0.25, -0.2) is 4.39 Å². The second kappa shape index (κ2) is 9.25. The lowest BCUT2D eigenvalue weighted by Gasteiger charge is -2.26. The van der Waals surface area contributed by atoms with Crippen LogP contribution >= 0.6 is 11.6 Å². The van der Waals surface area contributed by atoms with Gasteiger partial charge in [-0.05, 0) is 60.7 Å². The molecule has 1 amide bonds. The van der Waals surface area contributed by atoms with Crippen molar-refractivity contribution in [1.82, 2.24) is 10.2 Å². The Labute approximate surface area is 193 Å². The number of hydrogen-bond acceptors (Lipinski definition) is 4. The number of fused-ring (bicyclic) bond motifs is 1. The average molecular weight is 455 g/mol. The molecule has 168 valence electrons. The minimum atomic E-state index is -0.339. The van der Waals surface area contributed by atoms with E-state index in [1.807, 2.05) is 11.8 Å². The Balaban J connectivity index is 1.74. The fourth-order valence-corrected chi connectivity index (χ4v) is 4.56. The topological polar surface area (TPSA) is 70.4 Å². The number of halogens is 2. The standard InChI is InChI=1S/C25H28ClFN4O/c1-15(28)25-20-5-3-18(17-8-11-31(12-9-17)16(2)32)13-21(20)23(7-10-29-25)30-24-14-19(26)4-6-22(24)27/h3-6,8,13-14,23,29-30H,7,9-12,28H2,1-2H3/b25-15-. The van der Waals surface area contributed by atoms with Gasteiger partial charge in [0, 0.05) is 42.8 Å². The molecule has 2 heterocycles. The lowest BCUT2D eigenvalue weighted by atomic mass is 9.90. The van der Waals surface area contributed by atoms with Gasteiger partial charge < -0.3 is 21.3 Å². The molecule has 0 radical (unpaired) electrons. The summed E-state index contributed by atoms with van der Waals surface area (Å²) < 4.78 is 14.5. The molecule has 0 aromatic heterocycles. The SMILES string of the molecule is CC(=O)N1CC=C(c2ccc3c(c2)C(Nc2cc(Cl)ccc2F)CCN/C3=C(/C)N)CC1. The Hall–Kier alpha value is -2.99. The number of nitrogens with zero attached hydrogens (tertiary/aromatic N) is 1. The van der Waals surface area contributed by atoms with Gasteiger partial charge in [-0.15, -0.1) is 0 Å². The number of anilines is 1. The fraction of sp³-hybridized carbons (Fsp3) is 0.320. The van der Waals surface area contributed by atoms with E-state index in [4.69, 9.17) is 17.3 Å². The third-order valence-electron chi connectivity index (χ3n) is 6.11. The van der Waals surface area contributed by atoms with Gasteiger partial charge in [-0.1, -0.05) is 29.8 Å². The number of amides is 1. The highest BCUT2D eigenvalue weighted by Crippen LogP contribution is 2.36. The lowest BCUT2D eigenvalue weighted by Crippen LogP contribution is -2.32. The van der Waals surface area contributed by atoms with Crippen LogP contribution in [0.5, 0.6) is 0 Å². The van der Waals surface area contributed by atoms with E-state index < -0.39 is 0 Å². The van der Waals surface area contributed by atoms with Crippen LogP contribution in [0.2, 0.25) is 5.02 Å². The molecule has 2 aliphatic rings. The van der Waals surface area contributed by atoms with E-state index in [2.05, 4.69) is 34.9 Å². The van der Waals surface area contributed by atoms with Crippen molar-refractivity contribution in [3.05, 3.63) is 75.7 Å². The van der Waals surface area contributed by atoms with Crippen molar-refractivity contribution in [2.45, 2.75) is 32.7 Å². The maximum absolute atomic E-state index is 14.5. The summed E-state index contributed by atoms with van der Waals surface area (Å²) in [6.45, 7) is 5.50. The quantitative estimate of drug-likeness (QED) is 0.616. The van der Waals surface area contributed by atoms with Crippen LogP contribution in [0.4, 0.5) is 10.1 Å². The maximum atomic E-state index is 14.5. The molecule has 4 rings (SSSR count). The summed E-state index contributed by atoms with van der Waals surface area (Å²) in [5, 5.41) is 7.28. The molecule has 1 unspecified atom stereocenters. The number of hydrogen-bond donors (Lipinski definition) is 3. The molecule has 4 N–H and O–H groups in total. The molecule has 0 aliphatic carbocycles. The molecule has 2 aromatic rings. The van der Waals surface area contributed by atoms with Gasteiger partial charge >= 0.3 is 0 Å². The highest BCUT2D eigenvalue weighted by atomic mass is 35.5. The van der Waals surface area contributed by atoms with Crippen LogP contribution in [0.25, 0.3) is 11.3 Å². The van der Waals surface area contributed by atoms with Gasteiger partial charge in [-0.2, -0.15) is 0 Å². The van der Waals surface area contributed by atoms with E-state index >= 15 is 0 Å². The average Bonchev–Trinajstić information content (AvgIpc) is 2.95. The Bertz CT molecular complexity index is 1110. The molecule has 0 fully saturated rings. The lowest BCUT2D eigenvalue weighted by molar-refractivity contribution is -0.128. The summed E-state index contributed by atoms with van der Waals surface area (Å²) in [4.78, 5) is 13.5. The number of benzene rings is 2. The van der Waals surface area contributed by atoms with Crippen LogP contribution in [0.15, 0.2) is 48.2 Å². The Morgan fingerprint density at radius 3 is 2.75 bits per heavy atom. The zero-order valence-corrected chi connectivity index (χ0v) is 19.1. The molecule has 2 aromatic carbocycles. The molecule has 5 nitrogen and oxygen atoms in total. The minimum Gasteiger partial charge on any atom is -0.401 e. The van der Waals surface area contributed by atoms with Crippen LogP contribution in [-0.2, 0) is 4.79 Å². The minimum absolute atomic E-state index is 0.0920. The van der Waals surface area contributed by atoms with E-state index in [9.17, 15) is 9.18 Å².